The summed E-state index contributed by atoms with van der Waals surface area (Å²) in [5, 5.41) is 69.7. The Kier molecular flexibility index (Phi) is 24.2. The van der Waals surface area contributed by atoms with Crippen molar-refractivity contribution in [2.45, 2.75) is 131 Å². The average Bonchev–Trinajstić information content (AvgIpc) is 3.94. The van der Waals surface area contributed by atoms with Gasteiger partial charge in [0, 0.05) is 18.2 Å². The van der Waals surface area contributed by atoms with E-state index in [0.29, 0.717) is 3.70 Å². The smallest absolute Gasteiger partial charge is 0.469 e. The highest BCUT2D eigenvalue weighted by atomic mass is 127. The van der Waals surface area contributed by atoms with E-state index in [4.69, 9.17) is 42.8 Å². The van der Waals surface area contributed by atoms with Crippen molar-refractivity contribution in [3.63, 3.8) is 0 Å². The number of aliphatic hydroxyl groups is 7. The second-order valence-electron chi connectivity index (χ2n) is 19.8. The first kappa shape index (κ1) is 72.3. The summed E-state index contributed by atoms with van der Waals surface area (Å²) in [6, 6.07) is 3.31. The summed E-state index contributed by atoms with van der Waals surface area (Å²) in [5.74, 6) is -0.925. The predicted molar refractivity (Wildman–Crippen MR) is 299 cm³/mol. The quantitative estimate of drug-likeness (QED) is 0.0297. The Labute approximate surface area is 493 Å². The number of aromatic amines is 3. The molecule has 80 heavy (non-hydrogen) atoms. The lowest BCUT2D eigenvalue weighted by molar-refractivity contribution is -0.244. The van der Waals surface area contributed by atoms with Crippen molar-refractivity contribution in [3.05, 3.63) is 91.8 Å². The summed E-state index contributed by atoms with van der Waals surface area (Å²) in [6.45, 7) is 10.2. The minimum Gasteiger partial charge on any atom is -0.756 e. The molecule has 0 spiro atoms. The number of hydrogen-bond acceptors (Lipinski definition) is 24. The summed E-state index contributed by atoms with van der Waals surface area (Å²) >= 11 is 5.11. The molecule has 0 aromatic carbocycles. The van der Waals surface area contributed by atoms with E-state index in [2.05, 4.69) is 47.9 Å². The van der Waals surface area contributed by atoms with E-state index >= 15 is 0 Å². The molecular formula is C39H66I3N8O27P2Si+. The molecule has 7 heterocycles. The summed E-state index contributed by atoms with van der Waals surface area (Å²) < 4.78 is 68.5. The van der Waals surface area contributed by atoms with Crippen molar-refractivity contribution < 1.29 is 102 Å². The molecule has 0 saturated carbocycles. The van der Waals surface area contributed by atoms with E-state index < -0.39 is 162 Å². The Morgan fingerprint density at radius 3 is 1.34 bits per heavy atom. The van der Waals surface area contributed by atoms with Gasteiger partial charge in [0.25, 0.3) is 24.5 Å². The van der Waals surface area contributed by atoms with Crippen molar-refractivity contribution in [1.29, 1.82) is 0 Å². The number of nitrogens with zero attached hydrogens (tertiary/aromatic N) is 3. The van der Waals surface area contributed by atoms with Gasteiger partial charge >= 0.3 is 24.9 Å². The van der Waals surface area contributed by atoms with Crippen LogP contribution >= 0.6 is 83.4 Å². The molecule has 0 amide bonds. The topological polar surface area (TPSA) is 571 Å². The number of phosphoric acid groups is 2. The largest absolute Gasteiger partial charge is 0.756 e. The number of nitrogens with one attached hydrogen (secondary N) is 3. The second-order valence-corrected chi connectivity index (χ2v) is 30.3. The number of H-pyrrole nitrogens is 3. The third-order valence-electron chi connectivity index (χ3n) is 13.1. The van der Waals surface area contributed by atoms with Crippen LogP contribution in [-0.2, 0) is 63.5 Å². The van der Waals surface area contributed by atoms with Crippen molar-refractivity contribution in [3.8, 4) is 0 Å². The molecule has 7 rings (SSSR count). The van der Waals surface area contributed by atoms with Crippen LogP contribution in [0.2, 0.25) is 18.1 Å². The molecular weight excluding hydrogens is 1480 g/mol. The lowest BCUT2D eigenvalue weighted by Gasteiger charge is -2.42. The van der Waals surface area contributed by atoms with Crippen molar-refractivity contribution >= 4 is 91.7 Å². The lowest BCUT2D eigenvalue weighted by atomic mass is 10.0. The Bertz CT molecular complexity index is 3000. The maximum Gasteiger partial charge on any atom is 0.469 e. The highest BCUT2D eigenvalue weighted by Gasteiger charge is 2.65. The van der Waals surface area contributed by atoms with Gasteiger partial charge in [-0.05, 0) is 99.8 Å². The van der Waals surface area contributed by atoms with E-state index in [0.717, 1.165) is 21.3 Å². The van der Waals surface area contributed by atoms with Crippen LogP contribution in [-0.4, -0.2) is 188 Å². The van der Waals surface area contributed by atoms with Gasteiger partial charge in [-0.2, -0.15) is 0 Å². The number of phosphoric ester groups is 2. The fraction of sp³-hybridized carbons (Fsp3) is 0.692. The SMILES string of the molecule is CC1(C)OC2[C@@H](O1)[C@@H](CO)O[C@@]2(CO[Si](C)(C)C(C)(C)C)n1c(I)cc(=O)[nH]c1=O.O=c1cc(I)n([C@]2(CO)O[C@H](COP(=O)(O)O)[C@H](O)C2O)c(=O)[nH]1.O=c1cc(I)n([C@]2(CO)O[C@H](COP(=O)([O-])O)[C@H](O)C2O)c(=O)[nH]1.[NH4+].[NH4+]. The minimum absolute atomic E-state index is 0. The molecule has 4 saturated heterocycles. The highest BCUT2D eigenvalue weighted by Crippen LogP contribution is 2.49. The Morgan fingerprint density at radius 2 is 1.01 bits per heavy atom. The first-order valence-corrected chi connectivity index (χ1v) is 31.9. The minimum atomic E-state index is -5.12. The van der Waals surface area contributed by atoms with Gasteiger partial charge in [0.15, 0.2) is 14.1 Å². The van der Waals surface area contributed by atoms with Crippen LogP contribution in [0.25, 0.3) is 0 Å². The van der Waals surface area contributed by atoms with Gasteiger partial charge in [-0.3, -0.25) is 52.1 Å². The molecule has 0 radical (unpaired) electrons. The number of halogens is 3. The van der Waals surface area contributed by atoms with Gasteiger partial charge in [-0.25, -0.2) is 18.9 Å². The number of fused-ring (bicyclic) bond motifs is 1. The molecule has 3 aromatic rings. The van der Waals surface area contributed by atoms with Crippen molar-refractivity contribution in [1.82, 2.24) is 41.0 Å². The van der Waals surface area contributed by atoms with E-state index in [9.17, 15) is 78.5 Å². The van der Waals surface area contributed by atoms with Gasteiger partial charge in [-0.1, -0.05) is 20.8 Å². The number of ether oxygens (including phenoxy) is 5. The van der Waals surface area contributed by atoms with Gasteiger partial charge < -0.3 is 100 Å². The summed E-state index contributed by atoms with van der Waals surface area (Å²) in [6.07, 6.45) is -12.1. The van der Waals surface area contributed by atoms with Crippen molar-refractivity contribution in [2.75, 3.05) is 39.6 Å². The molecule has 0 bridgehead atoms. The zero-order chi connectivity index (χ0) is 59.3. The molecule has 35 nitrogen and oxygen atoms in total. The standard InChI is InChI=1S/C19H31IN2O7Si.2C10H14IN2O10P.2H3N/c1-17(2,3)30(6,7)26-10-19(22-12(20)8-13(24)21-16(22)25)15-14(11(9-23)27-19)28-18(4,5)29-15;2*11-5-1-6(15)12-9(18)13(5)10(3-14)8(17)7(16)4(23-10)2-22-24(19,20)21;;/h8,11,14-15,23H,9-10H2,1-7H3,(H,21,24,25);2*1,4,7-8,14,16-17H,2-3H2,(H,12,15,18)(H2,19,20,21);2*1H3/p+1/t11-,14+,15?,19-;2*4-,7+,8?,10-;;/m111../s1. The number of quaternary nitrogens is 2. The summed E-state index contributed by atoms with van der Waals surface area (Å²) in [7, 11) is -12.2. The Morgan fingerprint density at radius 1 is 0.650 bits per heavy atom. The fourth-order valence-corrected chi connectivity index (χ4v) is 12.8. The average molecular weight is 1550 g/mol. The van der Waals surface area contributed by atoms with Crippen LogP contribution < -0.4 is 50.9 Å². The molecule has 0 aliphatic carbocycles. The zero-order valence-electron chi connectivity index (χ0n) is 44.0. The second kappa shape index (κ2) is 26.8. The predicted octanol–water partition coefficient (Wildman–Crippen LogP) is -4.12. The van der Waals surface area contributed by atoms with Crippen LogP contribution in [0.15, 0.2) is 47.0 Å². The van der Waals surface area contributed by atoms with Gasteiger partial charge in [0.1, 0.15) is 54.9 Å². The summed E-state index contributed by atoms with van der Waals surface area (Å²) in [5.41, 5.74) is -10.4. The molecule has 4 aliphatic rings. The highest BCUT2D eigenvalue weighted by molar-refractivity contribution is 14.1. The maximum absolute atomic E-state index is 12.9. The first-order chi connectivity index (χ1) is 35.7. The Hall–Kier alpha value is -1.93. The van der Waals surface area contributed by atoms with Crippen LogP contribution in [0.4, 0.5) is 0 Å². The van der Waals surface area contributed by atoms with E-state index in [1.54, 1.807) is 59.0 Å². The normalized spacial score (nSPS) is 30.7. The Balaban J connectivity index is 0.000000314. The number of rotatable bonds is 15. The first-order valence-electron chi connectivity index (χ1n) is 22.7. The molecule has 13 atom stereocenters. The molecule has 3 aromatic heterocycles. The summed E-state index contributed by atoms with van der Waals surface area (Å²) in [4.78, 5) is 114. The van der Waals surface area contributed by atoms with Gasteiger partial charge in [-0.15, -0.1) is 0 Å². The molecule has 4 aliphatic heterocycles. The monoisotopic (exact) mass is 1550 g/mol. The molecule has 4 unspecified atom stereocenters. The zero-order valence-corrected chi connectivity index (χ0v) is 53.2. The van der Waals surface area contributed by atoms with Gasteiger partial charge in [0.2, 0.25) is 17.2 Å². The number of hydrogen-bond donors (Lipinski definition) is 15. The lowest BCUT2D eigenvalue weighted by Crippen LogP contribution is -2.57. The third-order valence-corrected chi connectivity index (χ3v) is 20.9. The molecule has 41 heteroatoms. The fourth-order valence-electron chi connectivity index (χ4n) is 8.39. The van der Waals surface area contributed by atoms with Gasteiger partial charge in [0.05, 0.1) is 50.7 Å². The van der Waals surface area contributed by atoms with E-state index in [1.807, 2.05) is 32.6 Å². The maximum atomic E-state index is 12.9. The molecule has 4 fully saturated rings. The van der Waals surface area contributed by atoms with Crippen LogP contribution in [0.3, 0.4) is 0 Å². The van der Waals surface area contributed by atoms with Crippen molar-refractivity contribution in [2.24, 2.45) is 0 Å². The van der Waals surface area contributed by atoms with Crippen LogP contribution in [0, 0.1) is 11.1 Å². The third kappa shape index (κ3) is 15.4. The molecule has 458 valence electrons. The molecule has 21 N–H and O–H groups in total. The van der Waals surface area contributed by atoms with E-state index in [-0.39, 0.29) is 38.0 Å². The number of aromatic nitrogens is 6. The van der Waals surface area contributed by atoms with Crippen LogP contribution in [0.5, 0.6) is 0 Å². The number of aliphatic hydroxyl groups excluding tert-OH is 7. The van der Waals surface area contributed by atoms with E-state index in [1.165, 1.54) is 10.6 Å². The van der Waals surface area contributed by atoms with Crippen LogP contribution in [0.1, 0.15) is 34.6 Å².